The summed E-state index contributed by atoms with van der Waals surface area (Å²) in [5, 5.41) is 9.40. The van der Waals surface area contributed by atoms with Crippen LogP contribution in [0.15, 0.2) is 21.2 Å². The Balaban J connectivity index is 2.72. The minimum absolute atomic E-state index is 0.0397. The lowest BCUT2D eigenvalue weighted by molar-refractivity contribution is -0.0709. The van der Waals surface area contributed by atoms with Crippen molar-refractivity contribution in [1.82, 2.24) is 0 Å². The number of aliphatic hydroxyl groups is 1. The number of aliphatic hydroxyl groups excluding tert-OH is 1. The van der Waals surface area contributed by atoms with Gasteiger partial charge in [0.25, 0.3) is 0 Å². The predicted octanol–water partition coefficient (Wildman–Crippen LogP) is -0.500. The van der Waals surface area contributed by atoms with E-state index in [0.717, 1.165) is 0 Å². The van der Waals surface area contributed by atoms with Crippen molar-refractivity contribution < 1.29 is 14.3 Å². The number of hydrogen-bond acceptors (Lipinski definition) is 6. The van der Waals surface area contributed by atoms with Crippen LogP contribution >= 0.6 is 0 Å². The van der Waals surface area contributed by atoms with Gasteiger partial charge in [0.05, 0.1) is 5.56 Å². The summed E-state index contributed by atoms with van der Waals surface area (Å²) >= 11 is 0. The molecule has 6 heteroatoms. The van der Waals surface area contributed by atoms with Crippen LogP contribution in [-0.4, -0.2) is 5.11 Å². The molecule has 0 saturated carbocycles. The highest BCUT2D eigenvalue weighted by Crippen LogP contribution is 2.26. The molecule has 1 atom stereocenters. The first-order valence-corrected chi connectivity index (χ1v) is 3.83. The van der Waals surface area contributed by atoms with Gasteiger partial charge in [-0.25, -0.2) is 4.79 Å². The highest BCUT2D eigenvalue weighted by atomic mass is 16.6. The minimum atomic E-state index is -1.28. The van der Waals surface area contributed by atoms with E-state index in [0.29, 0.717) is 0 Å². The first kappa shape index (κ1) is 8.64. The van der Waals surface area contributed by atoms with Crippen LogP contribution in [0.1, 0.15) is 17.4 Å². The van der Waals surface area contributed by atoms with Crippen molar-refractivity contribution in [2.24, 2.45) is 5.73 Å². The predicted molar refractivity (Wildman–Crippen MR) is 47.6 cm³/mol. The SMILES string of the molecule is NC1=Cc2c(cc(N)oc2=O)C(O)O1. The van der Waals surface area contributed by atoms with Crippen molar-refractivity contribution in [3.63, 3.8) is 0 Å². The summed E-state index contributed by atoms with van der Waals surface area (Å²) in [4.78, 5) is 11.3. The van der Waals surface area contributed by atoms with E-state index in [-0.39, 0.29) is 22.9 Å². The third-order valence-electron chi connectivity index (χ3n) is 1.84. The fourth-order valence-corrected chi connectivity index (χ4v) is 1.26. The summed E-state index contributed by atoms with van der Waals surface area (Å²) in [5.41, 5.74) is 10.4. The number of nitrogen functional groups attached to an aromatic ring is 1. The van der Waals surface area contributed by atoms with Crippen LogP contribution in [0.3, 0.4) is 0 Å². The Morgan fingerprint density at radius 3 is 2.86 bits per heavy atom. The molecular weight excluding hydrogens is 188 g/mol. The molecule has 2 rings (SSSR count). The number of rotatable bonds is 0. The first-order chi connectivity index (χ1) is 6.58. The van der Waals surface area contributed by atoms with Crippen LogP contribution in [0.2, 0.25) is 0 Å². The van der Waals surface area contributed by atoms with E-state index < -0.39 is 11.9 Å². The second-order valence-corrected chi connectivity index (χ2v) is 2.82. The summed E-state index contributed by atoms with van der Waals surface area (Å²) in [7, 11) is 0. The Morgan fingerprint density at radius 1 is 1.43 bits per heavy atom. The maximum atomic E-state index is 11.3. The smallest absolute Gasteiger partial charge is 0.345 e. The lowest BCUT2D eigenvalue weighted by atomic mass is 10.1. The Morgan fingerprint density at radius 2 is 2.14 bits per heavy atom. The van der Waals surface area contributed by atoms with Gasteiger partial charge in [0.1, 0.15) is 0 Å². The van der Waals surface area contributed by atoms with Gasteiger partial charge in [-0.2, -0.15) is 0 Å². The molecule has 0 amide bonds. The number of anilines is 1. The summed E-state index contributed by atoms with van der Waals surface area (Å²) in [6, 6.07) is 1.32. The van der Waals surface area contributed by atoms with E-state index in [2.05, 4.69) is 4.42 Å². The highest BCUT2D eigenvalue weighted by Gasteiger charge is 2.22. The van der Waals surface area contributed by atoms with Gasteiger partial charge in [-0.3, -0.25) is 0 Å². The zero-order chi connectivity index (χ0) is 10.3. The zero-order valence-electron chi connectivity index (χ0n) is 7.06. The first-order valence-electron chi connectivity index (χ1n) is 3.83. The molecule has 0 bridgehead atoms. The molecule has 1 unspecified atom stereocenters. The van der Waals surface area contributed by atoms with Crippen LogP contribution in [-0.2, 0) is 4.74 Å². The van der Waals surface area contributed by atoms with E-state index in [4.69, 9.17) is 16.2 Å². The standard InChI is InChI=1S/C8H8N2O4/c9-5-1-3-4(8(12)13-5)2-6(10)14-7(3)11/h1-2,7,11H,9-10H2. The summed E-state index contributed by atoms with van der Waals surface area (Å²) < 4.78 is 9.41. The van der Waals surface area contributed by atoms with Crippen molar-refractivity contribution in [3.05, 3.63) is 33.5 Å². The maximum absolute atomic E-state index is 11.3. The minimum Gasteiger partial charge on any atom is -0.446 e. The van der Waals surface area contributed by atoms with Gasteiger partial charge in [0, 0.05) is 17.7 Å². The molecule has 1 aromatic rings. The van der Waals surface area contributed by atoms with Crippen LogP contribution in [0.5, 0.6) is 0 Å². The highest BCUT2D eigenvalue weighted by molar-refractivity contribution is 5.57. The van der Waals surface area contributed by atoms with Crippen molar-refractivity contribution in [3.8, 4) is 0 Å². The second-order valence-electron chi connectivity index (χ2n) is 2.82. The molecule has 1 aliphatic heterocycles. The van der Waals surface area contributed by atoms with Gasteiger partial charge in [-0.15, -0.1) is 0 Å². The molecular formula is C8H8N2O4. The van der Waals surface area contributed by atoms with E-state index >= 15 is 0 Å². The fraction of sp³-hybridized carbons (Fsp3) is 0.125. The quantitative estimate of drug-likeness (QED) is 0.515. The fourth-order valence-electron chi connectivity index (χ4n) is 1.26. The van der Waals surface area contributed by atoms with E-state index in [9.17, 15) is 9.90 Å². The Labute approximate surface area is 78.4 Å². The summed E-state index contributed by atoms with van der Waals surface area (Å²) in [5.74, 6) is -0.118. The number of hydrogen-bond donors (Lipinski definition) is 3. The van der Waals surface area contributed by atoms with Crippen molar-refractivity contribution in [1.29, 1.82) is 0 Å². The molecule has 1 aliphatic rings. The molecule has 0 radical (unpaired) electrons. The Kier molecular flexibility index (Phi) is 1.71. The van der Waals surface area contributed by atoms with E-state index in [1.807, 2.05) is 0 Å². The van der Waals surface area contributed by atoms with Crippen LogP contribution < -0.4 is 17.1 Å². The Hall–Kier alpha value is -1.95. The molecule has 0 fully saturated rings. The van der Waals surface area contributed by atoms with Gasteiger partial charge < -0.3 is 25.7 Å². The zero-order valence-corrected chi connectivity index (χ0v) is 7.06. The topological polar surface area (TPSA) is 112 Å². The molecule has 5 N–H and O–H groups in total. The number of nitrogens with two attached hydrogens (primary N) is 2. The van der Waals surface area contributed by atoms with Gasteiger partial charge in [-0.05, 0) is 0 Å². The van der Waals surface area contributed by atoms with Gasteiger partial charge in [-0.1, -0.05) is 0 Å². The molecule has 0 aromatic carbocycles. The van der Waals surface area contributed by atoms with Crippen LogP contribution in [0.25, 0.3) is 6.08 Å². The molecule has 1 aromatic heterocycles. The summed E-state index contributed by atoms with van der Waals surface area (Å²) in [6.45, 7) is 0. The number of fused-ring (bicyclic) bond motifs is 1. The van der Waals surface area contributed by atoms with Gasteiger partial charge >= 0.3 is 5.63 Å². The average molecular weight is 196 g/mol. The van der Waals surface area contributed by atoms with Crippen molar-refractivity contribution in [2.45, 2.75) is 6.29 Å². The second kappa shape index (κ2) is 2.78. The van der Waals surface area contributed by atoms with Crippen molar-refractivity contribution in [2.75, 3.05) is 5.73 Å². The third kappa shape index (κ3) is 1.21. The van der Waals surface area contributed by atoms with Crippen molar-refractivity contribution >= 4 is 12.0 Å². The monoisotopic (exact) mass is 196 g/mol. The molecule has 0 spiro atoms. The largest absolute Gasteiger partial charge is 0.446 e. The lowest BCUT2D eigenvalue weighted by Gasteiger charge is -2.19. The molecule has 74 valence electrons. The molecule has 6 nitrogen and oxygen atoms in total. The lowest BCUT2D eigenvalue weighted by Crippen LogP contribution is -2.20. The maximum Gasteiger partial charge on any atom is 0.345 e. The number of ether oxygens (including phenoxy) is 1. The van der Waals surface area contributed by atoms with Crippen LogP contribution in [0.4, 0.5) is 5.88 Å². The summed E-state index contributed by atoms with van der Waals surface area (Å²) in [6.07, 6.45) is 0.00856. The molecule has 2 heterocycles. The van der Waals surface area contributed by atoms with Gasteiger partial charge in [0.15, 0.2) is 11.8 Å². The molecule has 0 aliphatic carbocycles. The van der Waals surface area contributed by atoms with Crippen LogP contribution in [0, 0.1) is 0 Å². The third-order valence-corrected chi connectivity index (χ3v) is 1.84. The molecule has 14 heavy (non-hydrogen) atoms. The van der Waals surface area contributed by atoms with Gasteiger partial charge in [0.2, 0.25) is 6.29 Å². The van der Waals surface area contributed by atoms with E-state index in [1.54, 1.807) is 0 Å². The Bertz CT molecular complexity index is 463. The molecule has 0 saturated heterocycles. The van der Waals surface area contributed by atoms with E-state index in [1.165, 1.54) is 12.1 Å². The average Bonchev–Trinajstić information content (AvgIpc) is 2.07. The normalized spacial score (nSPS) is 19.5.